The minimum Gasteiger partial charge on any atom is -0.497 e. The smallest absolute Gasteiger partial charge is 0.226 e. The first-order chi connectivity index (χ1) is 12.6. The van der Waals surface area contributed by atoms with Crippen molar-refractivity contribution in [1.82, 2.24) is 4.90 Å². The van der Waals surface area contributed by atoms with Crippen LogP contribution in [-0.2, 0) is 11.2 Å². The van der Waals surface area contributed by atoms with Crippen LogP contribution in [0, 0.1) is 12.8 Å². The van der Waals surface area contributed by atoms with Crippen molar-refractivity contribution in [3.05, 3.63) is 59.7 Å². The lowest BCUT2D eigenvalue weighted by atomic mass is 9.97. The van der Waals surface area contributed by atoms with E-state index in [0.717, 1.165) is 49.6 Å². The fourth-order valence-corrected chi connectivity index (χ4v) is 3.23. The second-order valence-corrected chi connectivity index (χ2v) is 6.97. The maximum atomic E-state index is 12.5. The largest absolute Gasteiger partial charge is 0.497 e. The number of ether oxygens (including phenoxy) is 2. The van der Waals surface area contributed by atoms with Crippen LogP contribution in [0.1, 0.15) is 24.0 Å². The Morgan fingerprint density at radius 2 is 1.62 bits per heavy atom. The molecule has 1 amide bonds. The van der Waals surface area contributed by atoms with E-state index in [1.54, 1.807) is 7.11 Å². The molecular weight excluding hydrogens is 326 g/mol. The molecule has 4 nitrogen and oxygen atoms in total. The summed E-state index contributed by atoms with van der Waals surface area (Å²) in [6.45, 7) is 4.43. The van der Waals surface area contributed by atoms with Gasteiger partial charge in [0, 0.05) is 13.1 Å². The number of likely N-dealkylation sites (tertiary alicyclic amines) is 1. The van der Waals surface area contributed by atoms with E-state index in [1.807, 2.05) is 41.3 Å². The number of hydrogen-bond donors (Lipinski definition) is 0. The number of hydrogen-bond acceptors (Lipinski definition) is 3. The van der Waals surface area contributed by atoms with Gasteiger partial charge in [0.05, 0.1) is 20.1 Å². The quantitative estimate of drug-likeness (QED) is 0.791. The van der Waals surface area contributed by atoms with Crippen molar-refractivity contribution in [2.75, 3.05) is 26.8 Å². The van der Waals surface area contributed by atoms with Crippen LogP contribution in [0.25, 0.3) is 0 Å². The van der Waals surface area contributed by atoms with Crippen molar-refractivity contribution in [3.8, 4) is 11.5 Å². The van der Waals surface area contributed by atoms with Crippen LogP contribution in [0.2, 0.25) is 0 Å². The molecule has 0 N–H and O–H groups in total. The zero-order valence-corrected chi connectivity index (χ0v) is 15.6. The van der Waals surface area contributed by atoms with Crippen LogP contribution < -0.4 is 9.47 Å². The van der Waals surface area contributed by atoms with E-state index in [9.17, 15) is 4.79 Å². The molecule has 3 rings (SSSR count). The average molecular weight is 353 g/mol. The van der Waals surface area contributed by atoms with Gasteiger partial charge in [-0.15, -0.1) is 0 Å². The highest BCUT2D eigenvalue weighted by Crippen LogP contribution is 2.21. The first-order valence-electron chi connectivity index (χ1n) is 9.24. The number of nitrogens with zero attached hydrogens (tertiary/aromatic N) is 1. The number of carbonyl (C=O) groups excluding carboxylic acids is 1. The molecule has 0 radical (unpaired) electrons. The predicted octanol–water partition coefficient (Wildman–Crippen LogP) is 3.86. The van der Waals surface area contributed by atoms with Crippen molar-refractivity contribution >= 4 is 5.91 Å². The lowest BCUT2D eigenvalue weighted by molar-refractivity contribution is -0.132. The van der Waals surface area contributed by atoms with Gasteiger partial charge in [-0.2, -0.15) is 0 Å². The molecule has 2 aromatic rings. The molecule has 1 aliphatic heterocycles. The number of piperidine rings is 1. The predicted molar refractivity (Wildman–Crippen MR) is 103 cm³/mol. The number of rotatable bonds is 6. The Morgan fingerprint density at radius 1 is 1.00 bits per heavy atom. The van der Waals surface area contributed by atoms with E-state index >= 15 is 0 Å². The van der Waals surface area contributed by atoms with Gasteiger partial charge in [0.2, 0.25) is 5.91 Å². The zero-order valence-electron chi connectivity index (χ0n) is 15.6. The van der Waals surface area contributed by atoms with Gasteiger partial charge in [-0.05, 0) is 55.5 Å². The maximum Gasteiger partial charge on any atom is 0.226 e. The van der Waals surface area contributed by atoms with Crippen molar-refractivity contribution < 1.29 is 14.3 Å². The van der Waals surface area contributed by atoms with Crippen molar-refractivity contribution in [2.24, 2.45) is 5.92 Å². The summed E-state index contributed by atoms with van der Waals surface area (Å²) in [5, 5.41) is 0. The van der Waals surface area contributed by atoms with Crippen LogP contribution in [-0.4, -0.2) is 37.6 Å². The Hall–Kier alpha value is -2.49. The molecule has 1 aliphatic rings. The highest BCUT2D eigenvalue weighted by atomic mass is 16.5. The molecule has 1 heterocycles. The Kier molecular flexibility index (Phi) is 6.16. The summed E-state index contributed by atoms with van der Waals surface area (Å²) >= 11 is 0. The number of benzene rings is 2. The minimum atomic E-state index is 0.202. The van der Waals surface area contributed by atoms with Crippen molar-refractivity contribution in [3.63, 3.8) is 0 Å². The Balaban J connectivity index is 1.42. The number of carbonyl (C=O) groups is 1. The fourth-order valence-electron chi connectivity index (χ4n) is 3.23. The molecule has 4 heteroatoms. The van der Waals surface area contributed by atoms with E-state index < -0.39 is 0 Å². The fraction of sp³-hybridized carbons (Fsp3) is 0.409. The molecule has 2 aromatic carbocycles. The summed E-state index contributed by atoms with van der Waals surface area (Å²) in [6, 6.07) is 15.9. The van der Waals surface area contributed by atoms with E-state index in [1.165, 1.54) is 5.56 Å². The Bertz CT molecular complexity index is 701. The molecule has 0 saturated carbocycles. The number of methoxy groups -OCH3 is 1. The molecule has 0 bridgehead atoms. The summed E-state index contributed by atoms with van der Waals surface area (Å²) in [5.41, 5.74) is 2.27. The molecule has 138 valence electrons. The van der Waals surface area contributed by atoms with E-state index in [4.69, 9.17) is 9.47 Å². The molecule has 0 aliphatic carbocycles. The second kappa shape index (κ2) is 8.75. The standard InChI is InChI=1S/C22H27NO3/c1-17-3-7-21(8-4-17)26-16-19-11-13-23(14-12-19)22(24)15-18-5-9-20(25-2)10-6-18/h3-10,19H,11-16H2,1-2H3. The number of aryl methyl sites for hydroxylation is 1. The van der Waals surface area contributed by atoms with E-state index in [0.29, 0.717) is 12.3 Å². The topological polar surface area (TPSA) is 38.8 Å². The minimum absolute atomic E-state index is 0.202. The third-order valence-corrected chi connectivity index (χ3v) is 4.99. The van der Waals surface area contributed by atoms with Crippen LogP contribution in [0.15, 0.2) is 48.5 Å². The van der Waals surface area contributed by atoms with Crippen LogP contribution in [0.3, 0.4) is 0 Å². The summed E-state index contributed by atoms with van der Waals surface area (Å²) in [6.07, 6.45) is 2.45. The number of amides is 1. The van der Waals surface area contributed by atoms with E-state index in [2.05, 4.69) is 19.1 Å². The maximum absolute atomic E-state index is 12.5. The first-order valence-corrected chi connectivity index (χ1v) is 9.24. The molecule has 1 fully saturated rings. The third kappa shape index (κ3) is 5.01. The normalized spacial score (nSPS) is 14.9. The van der Waals surface area contributed by atoms with E-state index in [-0.39, 0.29) is 5.91 Å². The van der Waals surface area contributed by atoms with Gasteiger partial charge < -0.3 is 14.4 Å². The second-order valence-electron chi connectivity index (χ2n) is 6.97. The van der Waals surface area contributed by atoms with Crippen LogP contribution in [0.4, 0.5) is 0 Å². The molecule has 0 unspecified atom stereocenters. The summed E-state index contributed by atoms with van der Waals surface area (Å²) in [4.78, 5) is 14.5. The molecule has 0 spiro atoms. The van der Waals surface area contributed by atoms with Crippen molar-refractivity contribution in [2.45, 2.75) is 26.2 Å². The molecule has 26 heavy (non-hydrogen) atoms. The van der Waals surface area contributed by atoms with Gasteiger partial charge in [0.25, 0.3) is 0 Å². The summed E-state index contributed by atoms with van der Waals surface area (Å²) in [7, 11) is 1.65. The SMILES string of the molecule is COc1ccc(CC(=O)N2CCC(COc3ccc(C)cc3)CC2)cc1. The highest BCUT2D eigenvalue weighted by Gasteiger charge is 2.23. The van der Waals surface area contributed by atoms with Crippen LogP contribution in [0.5, 0.6) is 11.5 Å². The highest BCUT2D eigenvalue weighted by molar-refractivity contribution is 5.78. The van der Waals surface area contributed by atoms with Gasteiger partial charge in [-0.3, -0.25) is 4.79 Å². The van der Waals surface area contributed by atoms with Gasteiger partial charge in [0.15, 0.2) is 0 Å². The zero-order chi connectivity index (χ0) is 18.4. The summed E-state index contributed by atoms with van der Waals surface area (Å²) < 4.78 is 11.1. The molecule has 0 aromatic heterocycles. The average Bonchev–Trinajstić information content (AvgIpc) is 2.68. The lowest BCUT2D eigenvalue weighted by Gasteiger charge is -2.32. The van der Waals surface area contributed by atoms with Gasteiger partial charge in [0.1, 0.15) is 11.5 Å². The summed E-state index contributed by atoms with van der Waals surface area (Å²) in [5.74, 6) is 2.46. The Labute approximate surface area is 155 Å². The lowest BCUT2D eigenvalue weighted by Crippen LogP contribution is -2.40. The van der Waals surface area contributed by atoms with Gasteiger partial charge in [-0.25, -0.2) is 0 Å². The van der Waals surface area contributed by atoms with Gasteiger partial charge >= 0.3 is 0 Å². The van der Waals surface area contributed by atoms with Crippen LogP contribution >= 0.6 is 0 Å². The molecule has 0 atom stereocenters. The monoisotopic (exact) mass is 353 g/mol. The van der Waals surface area contributed by atoms with Gasteiger partial charge in [-0.1, -0.05) is 29.8 Å². The Morgan fingerprint density at radius 3 is 2.23 bits per heavy atom. The third-order valence-electron chi connectivity index (χ3n) is 4.99. The van der Waals surface area contributed by atoms with Crippen molar-refractivity contribution in [1.29, 1.82) is 0 Å². The first kappa shape index (κ1) is 18.3. The molecule has 1 saturated heterocycles. The molecular formula is C22H27NO3.